The third kappa shape index (κ3) is 1.79. The van der Waals surface area contributed by atoms with Crippen molar-refractivity contribution in [2.24, 2.45) is 0 Å². The fourth-order valence-corrected chi connectivity index (χ4v) is 2.46. The third-order valence-electron chi connectivity index (χ3n) is 3.77. The van der Waals surface area contributed by atoms with Gasteiger partial charge in [-0.25, -0.2) is 13.6 Å². The first kappa shape index (κ1) is 12.8. The molecule has 0 amide bonds. The summed E-state index contributed by atoms with van der Waals surface area (Å²) in [7, 11) is 0. The lowest BCUT2D eigenvalue weighted by Gasteiger charge is -2.30. The zero-order chi connectivity index (χ0) is 14.4. The number of nitrogens with zero attached hydrogens (tertiary/aromatic N) is 1. The summed E-state index contributed by atoms with van der Waals surface area (Å²) in [6.07, 6.45) is 3.88. The number of hydrogen-bond acceptors (Lipinski definition) is 2. The van der Waals surface area contributed by atoms with Crippen LogP contribution in [-0.2, 0) is 0 Å². The Kier molecular flexibility index (Phi) is 2.81. The lowest BCUT2D eigenvalue weighted by atomic mass is 9.92. The van der Waals surface area contributed by atoms with Gasteiger partial charge in [0.05, 0.1) is 5.52 Å². The van der Waals surface area contributed by atoms with E-state index in [1.807, 2.05) is 0 Å². The van der Waals surface area contributed by atoms with Crippen molar-refractivity contribution in [3.05, 3.63) is 45.8 Å². The van der Waals surface area contributed by atoms with E-state index in [0.717, 1.165) is 31.4 Å². The molecule has 104 valence electrons. The number of rotatable bonds is 2. The van der Waals surface area contributed by atoms with Crippen LogP contribution in [0, 0.1) is 11.6 Å². The van der Waals surface area contributed by atoms with Crippen molar-refractivity contribution in [3.8, 4) is 0 Å². The van der Waals surface area contributed by atoms with Crippen molar-refractivity contribution in [1.29, 1.82) is 0 Å². The van der Waals surface area contributed by atoms with Gasteiger partial charge in [-0.1, -0.05) is 0 Å². The number of aromatic carboxylic acids is 1. The van der Waals surface area contributed by atoms with E-state index < -0.39 is 28.6 Å². The maximum absolute atomic E-state index is 13.4. The summed E-state index contributed by atoms with van der Waals surface area (Å²) in [5, 5.41) is 8.96. The Bertz CT molecular complexity index is 778. The van der Waals surface area contributed by atoms with Crippen LogP contribution in [0.3, 0.4) is 0 Å². The number of carboxylic acids is 1. The fraction of sp³-hybridized carbons (Fsp3) is 0.286. The Hall–Kier alpha value is -2.24. The molecule has 1 aliphatic carbocycles. The monoisotopic (exact) mass is 279 g/mol. The highest BCUT2D eigenvalue weighted by Gasteiger charge is 2.24. The molecule has 0 radical (unpaired) electrons. The van der Waals surface area contributed by atoms with E-state index in [-0.39, 0.29) is 16.9 Å². The molecule has 0 spiro atoms. The average molecular weight is 279 g/mol. The van der Waals surface area contributed by atoms with Crippen molar-refractivity contribution in [1.82, 2.24) is 4.57 Å². The molecule has 20 heavy (non-hydrogen) atoms. The highest BCUT2D eigenvalue weighted by Crippen LogP contribution is 2.34. The first-order valence-corrected chi connectivity index (χ1v) is 6.26. The van der Waals surface area contributed by atoms with Gasteiger partial charge in [0, 0.05) is 23.7 Å². The maximum Gasteiger partial charge on any atom is 0.341 e. The van der Waals surface area contributed by atoms with E-state index in [0.29, 0.717) is 0 Å². The van der Waals surface area contributed by atoms with Gasteiger partial charge in [0.25, 0.3) is 0 Å². The second-order valence-electron chi connectivity index (χ2n) is 4.95. The number of aromatic nitrogens is 1. The molecule has 1 saturated carbocycles. The third-order valence-corrected chi connectivity index (χ3v) is 3.77. The van der Waals surface area contributed by atoms with Gasteiger partial charge in [0.15, 0.2) is 11.6 Å². The summed E-state index contributed by atoms with van der Waals surface area (Å²) in [5.74, 6) is -3.57. The minimum Gasteiger partial charge on any atom is -0.477 e. The molecule has 2 aromatic rings. The van der Waals surface area contributed by atoms with Crippen molar-refractivity contribution < 1.29 is 18.7 Å². The summed E-state index contributed by atoms with van der Waals surface area (Å²) in [4.78, 5) is 23.1. The summed E-state index contributed by atoms with van der Waals surface area (Å²) in [6.45, 7) is 0. The van der Waals surface area contributed by atoms with Gasteiger partial charge >= 0.3 is 5.97 Å². The van der Waals surface area contributed by atoms with Crippen molar-refractivity contribution in [2.45, 2.75) is 25.3 Å². The molecule has 4 nitrogen and oxygen atoms in total. The molecule has 0 saturated heterocycles. The number of carbonyl (C=O) groups is 1. The molecule has 0 aliphatic heterocycles. The van der Waals surface area contributed by atoms with Crippen molar-refractivity contribution in [2.75, 3.05) is 0 Å². The molecule has 1 aliphatic rings. The van der Waals surface area contributed by atoms with Crippen LogP contribution in [-0.4, -0.2) is 15.6 Å². The standard InChI is InChI=1S/C14H11F2NO3/c15-10-4-8-12(5-11(10)16)17(7-2-1-3-7)6-9(13(8)18)14(19)20/h4-7H,1-3H2,(H,19,20). The largest absolute Gasteiger partial charge is 0.477 e. The van der Waals surface area contributed by atoms with Gasteiger partial charge in [0.1, 0.15) is 5.56 Å². The van der Waals surface area contributed by atoms with Gasteiger partial charge in [0.2, 0.25) is 5.43 Å². The first-order valence-electron chi connectivity index (χ1n) is 6.26. The molecule has 0 atom stereocenters. The lowest BCUT2D eigenvalue weighted by Crippen LogP contribution is -2.24. The predicted molar refractivity (Wildman–Crippen MR) is 68.0 cm³/mol. The van der Waals surface area contributed by atoms with Gasteiger partial charge < -0.3 is 9.67 Å². The van der Waals surface area contributed by atoms with E-state index in [1.54, 1.807) is 4.57 Å². The molecular weight excluding hydrogens is 268 g/mol. The molecule has 0 unspecified atom stereocenters. The minimum absolute atomic E-state index is 0.0288. The van der Waals surface area contributed by atoms with Crippen LogP contribution < -0.4 is 5.43 Å². The Morgan fingerprint density at radius 2 is 1.90 bits per heavy atom. The Morgan fingerprint density at radius 1 is 1.25 bits per heavy atom. The number of pyridine rings is 1. The van der Waals surface area contributed by atoms with E-state index in [1.165, 1.54) is 6.20 Å². The van der Waals surface area contributed by atoms with Crippen LogP contribution in [0.5, 0.6) is 0 Å². The molecule has 1 heterocycles. The smallest absolute Gasteiger partial charge is 0.341 e. The topological polar surface area (TPSA) is 59.3 Å². The maximum atomic E-state index is 13.4. The van der Waals surface area contributed by atoms with Crippen LogP contribution in [0.1, 0.15) is 35.7 Å². The van der Waals surface area contributed by atoms with Crippen LogP contribution in [0.25, 0.3) is 10.9 Å². The molecular formula is C14H11F2NO3. The molecule has 3 rings (SSSR count). The fourth-order valence-electron chi connectivity index (χ4n) is 2.46. The number of hydrogen-bond donors (Lipinski definition) is 1. The molecule has 1 aromatic carbocycles. The SMILES string of the molecule is O=C(O)c1cn(C2CCC2)c2cc(F)c(F)cc2c1=O. The van der Waals surface area contributed by atoms with Gasteiger partial charge in [-0.2, -0.15) is 0 Å². The van der Waals surface area contributed by atoms with Crippen LogP contribution >= 0.6 is 0 Å². The van der Waals surface area contributed by atoms with E-state index >= 15 is 0 Å². The quantitative estimate of drug-likeness (QED) is 0.919. The number of halogens is 2. The van der Waals surface area contributed by atoms with Gasteiger partial charge in [-0.05, 0) is 25.3 Å². The molecule has 6 heteroatoms. The summed E-state index contributed by atoms with van der Waals surface area (Å²) < 4.78 is 28.3. The van der Waals surface area contributed by atoms with E-state index in [9.17, 15) is 18.4 Å². The first-order chi connectivity index (χ1) is 9.49. The van der Waals surface area contributed by atoms with Crippen molar-refractivity contribution in [3.63, 3.8) is 0 Å². The number of carboxylic acid groups (broad SMARTS) is 1. The summed E-state index contributed by atoms with van der Waals surface area (Å²) in [6, 6.07) is 1.76. The zero-order valence-electron chi connectivity index (χ0n) is 10.4. The molecule has 1 N–H and O–H groups in total. The number of benzene rings is 1. The predicted octanol–water partition coefficient (Wildman–Crippen LogP) is 2.70. The minimum atomic E-state index is -1.37. The number of fused-ring (bicyclic) bond motifs is 1. The van der Waals surface area contributed by atoms with Gasteiger partial charge in [-0.3, -0.25) is 4.79 Å². The van der Waals surface area contributed by atoms with E-state index in [2.05, 4.69) is 0 Å². The molecule has 1 aromatic heterocycles. The molecule has 1 fully saturated rings. The highest BCUT2D eigenvalue weighted by atomic mass is 19.2. The van der Waals surface area contributed by atoms with Crippen molar-refractivity contribution >= 4 is 16.9 Å². The second kappa shape index (κ2) is 4.40. The van der Waals surface area contributed by atoms with Gasteiger partial charge in [-0.15, -0.1) is 0 Å². The normalized spacial score (nSPS) is 15.3. The summed E-state index contributed by atoms with van der Waals surface area (Å²) >= 11 is 0. The van der Waals surface area contributed by atoms with Crippen LogP contribution in [0.2, 0.25) is 0 Å². The van der Waals surface area contributed by atoms with Crippen LogP contribution in [0.4, 0.5) is 8.78 Å². The Labute approximate surface area is 112 Å². The van der Waals surface area contributed by atoms with Crippen LogP contribution in [0.15, 0.2) is 23.1 Å². The zero-order valence-corrected chi connectivity index (χ0v) is 10.4. The average Bonchev–Trinajstić information content (AvgIpc) is 2.32. The molecule has 0 bridgehead atoms. The second-order valence-corrected chi connectivity index (χ2v) is 4.95. The highest BCUT2D eigenvalue weighted by molar-refractivity contribution is 5.92. The summed E-state index contributed by atoms with van der Waals surface area (Å²) in [5.41, 5.74) is -0.971. The lowest BCUT2D eigenvalue weighted by molar-refractivity contribution is 0.0694. The Morgan fingerprint density at radius 3 is 2.45 bits per heavy atom. The Balaban J connectivity index is 2.41. The van der Waals surface area contributed by atoms with E-state index in [4.69, 9.17) is 5.11 Å².